The number of hydrogen-bond donors (Lipinski definition) is 0. The van der Waals surface area contributed by atoms with Crippen LogP contribution in [0, 0.1) is 5.82 Å². The Labute approximate surface area is 265 Å². The van der Waals surface area contributed by atoms with Crippen LogP contribution in [0.3, 0.4) is 0 Å². The summed E-state index contributed by atoms with van der Waals surface area (Å²) < 4.78 is 46.6. The van der Waals surface area contributed by atoms with Crippen molar-refractivity contribution in [3.05, 3.63) is 83.3 Å². The quantitative estimate of drug-likeness (QED) is 0.227. The average molecular weight is 626 g/mol. The van der Waals surface area contributed by atoms with Gasteiger partial charge in [-0.1, -0.05) is 70.2 Å². The molecule has 1 aliphatic rings. The minimum Gasteiger partial charge on any atom is -0.373 e. The molecular formula is C35H48FN3O4S. The standard InChI is InChI=1S/C33H42FN3O4S.C2H6/c1-22(2)30-28(31(24-13-15-25(34)16-14-24)36-32(35-30)37(6)42(7)38)18-17-26-19-27(20-29(40-26)41-33(3,4)5)39-21-23-11-9-8-10-12-23;1-2/h8-18,22,26-27,29H,19-21H2,1-7H3;1-2H3/b18-17+;/t26-,27?,29?,42?;/m1./s1. The lowest BCUT2D eigenvalue weighted by molar-refractivity contribution is -0.246. The van der Waals surface area contributed by atoms with Gasteiger partial charge >= 0.3 is 0 Å². The summed E-state index contributed by atoms with van der Waals surface area (Å²) in [5.74, 6) is 0.0523. The maximum Gasteiger partial charge on any atom is 0.237 e. The lowest BCUT2D eigenvalue weighted by Gasteiger charge is -2.37. The fourth-order valence-electron chi connectivity index (χ4n) is 4.76. The molecule has 240 valence electrons. The second kappa shape index (κ2) is 16.4. The number of rotatable bonds is 10. The maximum absolute atomic E-state index is 13.8. The number of anilines is 1. The van der Waals surface area contributed by atoms with Gasteiger partial charge in [-0.05, 0) is 56.5 Å². The predicted molar refractivity (Wildman–Crippen MR) is 178 cm³/mol. The first-order chi connectivity index (χ1) is 20.9. The molecule has 9 heteroatoms. The van der Waals surface area contributed by atoms with Crippen molar-refractivity contribution in [2.24, 2.45) is 0 Å². The van der Waals surface area contributed by atoms with E-state index in [0.29, 0.717) is 31.1 Å². The van der Waals surface area contributed by atoms with Gasteiger partial charge < -0.3 is 14.2 Å². The fraction of sp³-hybridized carbons (Fsp3) is 0.486. The number of aromatic nitrogens is 2. The van der Waals surface area contributed by atoms with Crippen molar-refractivity contribution in [3.63, 3.8) is 0 Å². The van der Waals surface area contributed by atoms with Crippen LogP contribution in [0.1, 0.15) is 84.0 Å². The molecule has 1 aliphatic heterocycles. The normalized spacial score (nSPS) is 19.5. The van der Waals surface area contributed by atoms with Gasteiger partial charge in [0, 0.05) is 37.3 Å². The van der Waals surface area contributed by atoms with E-state index in [2.05, 4.69) is 26.0 Å². The van der Waals surface area contributed by atoms with Gasteiger partial charge in [0.05, 0.1) is 35.8 Å². The van der Waals surface area contributed by atoms with Gasteiger partial charge in [0.1, 0.15) is 16.8 Å². The topological polar surface area (TPSA) is 73.8 Å². The van der Waals surface area contributed by atoms with Crippen LogP contribution in [0.2, 0.25) is 0 Å². The van der Waals surface area contributed by atoms with Gasteiger partial charge in [-0.2, -0.15) is 0 Å². The maximum atomic E-state index is 13.8. The van der Waals surface area contributed by atoms with E-state index in [1.165, 1.54) is 16.4 Å². The van der Waals surface area contributed by atoms with Crippen LogP contribution in [0.25, 0.3) is 17.3 Å². The predicted octanol–water partition coefficient (Wildman–Crippen LogP) is 8.08. The Morgan fingerprint density at radius 2 is 1.73 bits per heavy atom. The van der Waals surface area contributed by atoms with E-state index in [4.69, 9.17) is 24.2 Å². The second-order valence-corrected chi connectivity index (χ2v) is 13.2. The molecule has 0 amide bonds. The second-order valence-electron chi connectivity index (χ2n) is 11.8. The average Bonchev–Trinajstić information content (AvgIpc) is 2.99. The molecule has 2 aromatic carbocycles. The molecule has 1 fully saturated rings. The summed E-state index contributed by atoms with van der Waals surface area (Å²) in [6.07, 6.45) is 6.10. The van der Waals surface area contributed by atoms with E-state index >= 15 is 0 Å². The molecule has 7 nitrogen and oxygen atoms in total. The Morgan fingerprint density at radius 3 is 2.32 bits per heavy atom. The van der Waals surface area contributed by atoms with E-state index in [1.54, 1.807) is 25.4 Å². The zero-order chi connectivity index (χ0) is 32.4. The Bertz CT molecular complexity index is 1380. The van der Waals surface area contributed by atoms with Crippen LogP contribution in [0.5, 0.6) is 0 Å². The van der Waals surface area contributed by atoms with Gasteiger partial charge in [-0.25, -0.2) is 18.6 Å². The highest BCUT2D eigenvalue weighted by Crippen LogP contribution is 2.33. The zero-order valence-corrected chi connectivity index (χ0v) is 28.4. The highest BCUT2D eigenvalue weighted by molar-refractivity contribution is 7.85. The Morgan fingerprint density at radius 1 is 1.07 bits per heavy atom. The molecule has 4 rings (SSSR count). The van der Waals surface area contributed by atoms with Crippen LogP contribution in [0.4, 0.5) is 10.3 Å². The third-order valence-corrected chi connectivity index (χ3v) is 7.80. The third kappa shape index (κ3) is 10.3. The van der Waals surface area contributed by atoms with Gasteiger partial charge in [0.25, 0.3) is 0 Å². The molecule has 4 atom stereocenters. The van der Waals surface area contributed by atoms with Crippen molar-refractivity contribution in [1.82, 2.24) is 9.97 Å². The van der Waals surface area contributed by atoms with Crippen molar-refractivity contribution in [2.45, 2.75) is 97.9 Å². The Hall–Kier alpha value is -2.98. The Balaban J connectivity index is 0.00000259. The monoisotopic (exact) mass is 625 g/mol. The minimum atomic E-state index is -1.32. The molecule has 2 heterocycles. The lowest BCUT2D eigenvalue weighted by Crippen LogP contribution is -2.41. The van der Waals surface area contributed by atoms with Crippen molar-refractivity contribution >= 4 is 23.0 Å². The van der Waals surface area contributed by atoms with E-state index in [9.17, 15) is 8.60 Å². The first kappa shape index (κ1) is 35.5. The van der Waals surface area contributed by atoms with Crippen LogP contribution in [-0.4, -0.2) is 51.6 Å². The molecule has 1 saturated heterocycles. The van der Waals surface area contributed by atoms with Gasteiger partial charge in [0.15, 0.2) is 6.29 Å². The first-order valence-corrected chi connectivity index (χ1v) is 16.8. The summed E-state index contributed by atoms with van der Waals surface area (Å²) in [4.78, 5) is 9.61. The van der Waals surface area contributed by atoms with Crippen molar-refractivity contribution in [2.75, 3.05) is 17.6 Å². The van der Waals surface area contributed by atoms with E-state index in [1.807, 2.05) is 65.0 Å². The summed E-state index contributed by atoms with van der Waals surface area (Å²) in [6.45, 7) is 14.7. The van der Waals surface area contributed by atoms with E-state index in [0.717, 1.165) is 22.4 Å². The van der Waals surface area contributed by atoms with Crippen molar-refractivity contribution < 1.29 is 22.8 Å². The highest BCUT2D eigenvalue weighted by Gasteiger charge is 2.32. The largest absolute Gasteiger partial charge is 0.373 e. The SMILES string of the molecule is CC.CC(C)c1nc(N(C)S(C)=O)nc(-c2ccc(F)cc2)c1/C=C/[C@@H]1CC(OCc2ccccc2)CC(OC(C)(C)C)O1. The van der Waals surface area contributed by atoms with Gasteiger partial charge in [-0.3, -0.25) is 4.31 Å². The number of benzene rings is 2. The Kier molecular flexibility index (Phi) is 13.2. The lowest BCUT2D eigenvalue weighted by atomic mass is 9.96. The molecule has 0 spiro atoms. The van der Waals surface area contributed by atoms with Crippen molar-refractivity contribution in [1.29, 1.82) is 0 Å². The van der Waals surface area contributed by atoms with E-state index in [-0.39, 0.29) is 29.5 Å². The van der Waals surface area contributed by atoms with Crippen LogP contribution in [-0.2, 0) is 31.8 Å². The third-order valence-electron chi connectivity index (χ3n) is 6.86. The molecular weight excluding hydrogens is 577 g/mol. The highest BCUT2D eigenvalue weighted by atomic mass is 32.2. The summed E-state index contributed by atoms with van der Waals surface area (Å²) in [5.41, 5.74) is 3.70. The molecule has 3 unspecified atom stereocenters. The molecule has 3 aromatic rings. The van der Waals surface area contributed by atoms with Gasteiger partial charge in [-0.15, -0.1) is 0 Å². The van der Waals surface area contributed by atoms with Gasteiger partial charge in [0.2, 0.25) is 5.95 Å². The zero-order valence-electron chi connectivity index (χ0n) is 27.5. The molecule has 44 heavy (non-hydrogen) atoms. The molecule has 0 radical (unpaired) electrons. The molecule has 1 aromatic heterocycles. The molecule has 0 N–H and O–H groups in total. The molecule has 0 bridgehead atoms. The minimum absolute atomic E-state index is 0.0375. The molecule has 0 saturated carbocycles. The smallest absolute Gasteiger partial charge is 0.237 e. The summed E-state index contributed by atoms with van der Waals surface area (Å²) >= 11 is 0. The summed E-state index contributed by atoms with van der Waals surface area (Å²) in [6, 6.07) is 16.3. The van der Waals surface area contributed by atoms with Crippen LogP contribution < -0.4 is 4.31 Å². The fourth-order valence-corrected chi connectivity index (χ4v) is 5.07. The van der Waals surface area contributed by atoms with Crippen LogP contribution >= 0.6 is 0 Å². The van der Waals surface area contributed by atoms with E-state index < -0.39 is 17.3 Å². The first-order valence-electron chi connectivity index (χ1n) is 15.3. The summed E-state index contributed by atoms with van der Waals surface area (Å²) in [7, 11) is 0.379. The number of hydrogen-bond acceptors (Lipinski definition) is 6. The molecule has 0 aliphatic carbocycles. The van der Waals surface area contributed by atoms with Crippen LogP contribution in [0.15, 0.2) is 60.7 Å². The van der Waals surface area contributed by atoms with Crippen molar-refractivity contribution in [3.8, 4) is 11.3 Å². The number of ether oxygens (including phenoxy) is 3. The number of halogens is 1. The number of nitrogens with zero attached hydrogens (tertiary/aromatic N) is 3. The summed E-state index contributed by atoms with van der Waals surface area (Å²) in [5, 5.41) is 0.